The zero-order valence-electron chi connectivity index (χ0n) is 17.6. The van der Waals surface area contributed by atoms with Gasteiger partial charge in [-0.05, 0) is 46.4 Å². The van der Waals surface area contributed by atoms with Crippen LogP contribution in [-0.4, -0.2) is 111 Å². The van der Waals surface area contributed by atoms with E-state index in [1.807, 2.05) is 0 Å². The Bertz CT molecular complexity index is 415. The standard InChI is InChI=1S/C19H40N6.HI/c1-6-20-19(21-13-18-16-22(4)11-12-23(18)5)25-10-9-17(15-25)14-24(7-2)8-3;/h17-18H,6-16H2,1-5H3,(H,20,21);1H. The third kappa shape index (κ3) is 7.13. The Hall–Kier alpha value is -0.120. The fourth-order valence-corrected chi connectivity index (χ4v) is 3.94. The Kier molecular flexibility index (Phi) is 11.4. The van der Waals surface area contributed by atoms with Gasteiger partial charge in [0.15, 0.2) is 5.96 Å². The maximum absolute atomic E-state index is 5.01. The van der Waals surface area contributed by atoms with Gasteiger partial charge in [0.2, 0.25) is 0 Å². The molecular weight excluding hydrogens is 439 g/mol. The van der Waals surface area contributed by atoms with Crippen LogP contribution in [0.2, 0.25) is 0 Å². The zero-order valence-corrected chi connectivity index (χ0v) is 19.9. The molecule has 1 N–H and O–H groups in total. The average Bonchev–Trinajstić information content (AvgIpc) is 3.07. The Balaban J connectivity index is 0.00000338. The Morgan fingerprint density at radius 1 is 1.08 bits per heavy atom. The van der Waals surface area contributed by atoms with E-state index in [9.17, 15) is 0 Å². The lowest BCUT2D eigenvalue weighted by Gasteiger charge is -2.37. The number of halogens is 1. The van der Waals surface area contributed by atoms with Crippen LogP contribution in [0.3, 0.4) is 0 Å². The fraction of sp³-hybridized carbons (Fsp3) is 0.947. The minimum atomic E-state index is 0. The molecule has 2 fully saturated rings. The van der Waals surface area contributed by atoms with Crippen molar-refractivity contribution in [2.45, 2.75) is 33.2 Å². The van der Waals surface area contributed by atoms with Gasteiger partial charge in [-0.2, -0.15) is 0 Å². The summed E-state index contributed by atoms with van der Waals surface area (Å²) in [6, 6.07) is 0.529. The molecule has 2 heterocycles. The lowest BCUT2D eigenvalue weighted by atomic mass is 10.1. The van der Waals surface area contributed by atoms with Crippen LogP contribution in [0.15, 0.2) is 4.99 Å². The number of nitrogens with zero attached hydrogens (tertiary/aromatic N) is 5. The number of guanidine groups is 1. The summed E-state index contributed by atoms with van der Waals surface area (Å²) in [4.78, 5) is 14.9. The van der Waals surface area contributed by atoms with Gasteiger partial charge in [0, 0.05) is 51.9 Å². The molecule has 0 aromatic rings. The molecule has 0 spiro atoms. The van der Waals surface area contributed by atoms with Crippen LogP contribution in [0.5, 0.6) is 0 Å². The van der Waals surface area contributed by atoms with Gasteiger partial charge in [0.25, 0.3) is 0 Å². The molecule has 0 amide bonds. The summed E-state index contributed by atoms with van der Waals surface area (Å²) in [6.45, 7) is 17.8. The van der Waals surface area contributed by atoms with Crippen molar-refractivity contribution in [2.24, 2.45) is 10.9 Å². The third-order valence-electron chi connectivity index (χ3n) is 5.76. The molecule has 26 heavy (non-hydrogen) atoms. The number of aliphatic imine (C=N–C) groups is 1. The van der Waals surface area contributed by atoms with Gasteiger partial charge < -0.3 is 20.0 Å². The smallest absolute Gasteiger partial charge is 0.193 e. The van der Waals surface area contributed by atoms with E-state index in [0.29, 0.717) is 6.04 Å². The first-order valence-corrected chi connectivity index (χ1v) is 10.2. The number of hydrogen-bond donors (Lipinski definition) is 1. The summed E-state index contributed by atoms with van der Waals surface area (Å²) in [5.74, 6) is 1.89. The molecule has 0 saturated carbocycles. The van der Waals surface area contributed by atoms with Crippen LogP contribution in [0.25, 0.3) is 0 Å². The first-order chi connectivity index (χ1) is 12.1. The monoisotopic (exact) mass is 480 g/mol. The van der Waals surface area contributed by atoms with E-state index in [-0.39, 0.29) is 24.0 Å². The SMILES string of the molecule is CCNC(=NCC1CN(C)CCN1C)N1CCC(CN(CC)CC)C1.I. The van der Waals surface area contributed by atoms with Gasteiger partial charge in [0.05, 0.1) is 6.54 Å². The summed E-state index contributed by atoms with van der Waals surface area (Å²) in [7, 11) is 4.45. The summed E-state index contributed by atoms with van der Waals surface area (Å²) in [5.41, 5.74) is 0. The molecule has 0 bridgehead atoms. The van der Waals surface area contributed by atoms with Crippen molar-refractivity contribution in [3.05, 3.63) is 0 Å². The van der Waals surface area contributed by atoms with Crippen molar-refractivity contribution in [3.63, 3.8) is 0 Å². The molecule has 2 rings (SSSR count). The summed E-state index contributed by atoms with van der Waals surface area (Å²) < 4.78 is 0. The van der Waals surface area contributed by atoms with Gasteiger partial charge in [-0.25, -0.2) is 0 Å². The number of piperazine rings is 1. The molecule has 2 atom stereocenters. The highest BCUT2D eigenvalue weighted by molar-refractivity contribution is 14.0. The largest absolute Gasteiger partial charge is 0.357 e. The van der Waals surface area contributed by atoms with Crippen molar-refractivity contribution in [1.82, 2.24) is 24.9 Å². The maximum Gasteiger partial charge on any atom is 0.193 e. The Morgan fingerprint density at radius 2 is 1.81 bits per heavy atom. The highest BCUT2D eigenvalue weighted by Crippen LogP contribution is 2.18. The van der Waals surface area contributed by atoms with Crippen LogP contribution in [0, 0.1) is 5.92 Å². The molecule has 2 aliphatic rings. The quantitative estimate of drug-likeness (QED) is 0.340. The topological polar surface area (TPSA) is 37.4 Å². The van der Waals surface area contributed by atoms with Crippen LogP contribution >= 0.6 is 24.0 Å². The van der Waals surface area contributed by atoms with Crippen molar-refractivity contribution in [2.75, 3.05) is 79.5 Å². The van der Waals surface area contributed by atoms with Crippen molar-refractivity contribution in [3.8, 4) is 0 Å². The van der Waals surface area contributed by atoms with Crippen molar-refractivity contribution >= 4 is 29.9 Å². The Morgan fingerprint density at radius 3 is 2.46 bits per heavy atom. The molecule has 0 aliphatic carbocycles. The van der Waals surface area contributed by atoms with Crippen LogP contribution in [0.1, 0.15) is 27.2 Å². The molecule has 2 unspecified atom stereocenters. The predicted molar refractivity (Wildman–Crippen MR) is 123 cm³/mol. The first kappa shape index (κ1) is 23.9. The highest BCUT2D eigenvalue weighted by atomic mass is 127. The molecule has 7 heteroatoms. The average molecular weight is 480 g/mol. The second kappa shape index (κ2) is 12.4. The van der Waals surface area contributed by atoms with Crippen LogP contribution in [0.4, 0.5) is 0 Å². The fourth-order valence-electron chi connectivity index (χ4n) is 3.94. The van der Waals surface area contributed by atoms with Gasteiger partial charge in [-0.15, -0.1) is 24.0 Å². The van der Waals surface area contributed by atoms with E-state index in [1.165, 1.54) is 13.0 Å². The predicted octanol–water partition coefficient (Wildman–Crippen LogP) is 1.48. The van der Waals surface area contributed by atoms with Crippen molar-refractivity contribution in [1.29, 1.82) is 0 Å². The zero-order chi connectivity index (χ0) is 18.2. The van der Waals surface area contributed by atoms with E-state index in [0.717, 1.165) is 70.8 Å². The summed E-state index contributed by atoms with van der Waals surface area (Å²) in [5, 5.41) is 3.52. The van der Waals surface area contributed by atoms with E-state index in [2.05, 4.69) is 59.8 Å². The highest BCUT2D eigenvalue weighted by Gasteiger charge is 2.27. The summed E-state index contributed by atoms with van der Waals surface area (Å²) in [6.07, 6.45) is 1.28. The second-order valence-electron chi connectivity index (χ2n) is 7.68. The van der Waals surface area contributed by atoms with Gasteiger partial charge in [0.1, 0.15) is 0 Å². The van der Waals surface area contributed by atoms with Gasteiger partial charge in [-0.3, -0.25) is 9.89 Å². The molecule has 0 aromatic carbocycles. The summed E-state index contributed by atoms with van der Waals surface area (Å²) >= 11 is 0. The molecule has 154 valence electrons. The number of likely N-dealkylation sites (tertiary alicyclic amines) is 1. The number of nitrogens with one attached hydrogen (secondary N) is 1. The number of likely N-dealkylation sites (N-methyl/N-ethyl adjacent to an activating group) is 2. The van der Waals surface area contributed by atoms with Crippen molar-refractivity contribution < 1.29 is 0 Å². The number of rotatable bonds is 7. The van der Waals surface area contributed by atoms with E-state index in [4.69, 9.17) is 4.99 Å². The molecule has 0 radical (unpaired) electrons. The van der Waals surface area contributed by atoms with Crippen LogP contribution < -0.4 is 5.32 Å². The van der Waals surface area contributed by atoms with E-state index >= 15 is 0 Å². The third-order valence-corrected chi connectivity index (χ3v) is 5.76. The lowest BCUT2D eigenvalue weighted by Crippen LogP contribution is -2.51. The molecule has 0 aromatic heterocycles. The minimum absolute atomic E-state index is 0. The molecule has 2 aliphatic heterocycles. The normalized spacial score (nSPS) is 25.6. The number of hydrogen-bond acceptors (Lipinski definition) is 4. The Labute approximate surface area is 178 Å². The first-order valence-electron chi connectivity index (χ1n) is 10.2. The maximum atomic E-state index is 5.01. The molecule has 6 nitrogen and oxygen atoms in total. The molecule has 2 saturated heterocycles. The minimum Gasteiger partial charge on any atom is -0.357 e. The van der Waals surface area contributed by atoms with Gasteiger partial charge in [-0.1, -0.05) is 13.8 Å². The van der Waals surface area contributed by atoms with Crippen LogP contribution in [-0.2, 0) is 0 Å². The van der Waals surface area contributed by atoms with E-state index < -0.39 is 0 Å². The van der Waals surface area contributed by atoms with E-state index in [1.54, 1.807) is 0 Å². The van der Waals surface area contributed by atoms with Gasteiger partial charge >= 0.3 is 0 Å². The lowest BCUT2D eigenvalue weighted by molar-refractivity contribution is 0.119. The second-order valence-corrected chi connectivity index (χ2v) is 7.68. The molecular formula is C19H41IN6.